The van der Waals surface area contributed by atoms with Crippen LogP contribution < -0.4 is 0 Å². The molecule has 136 valence electrons. The van der Waals surface area contributed by atoms with E-state index in [1.165, 1.54) is 12.1 Å². The van der Waals surface area contributed by atoms with Crippen LogP contribution in [0.25, 0.3) is 10.8 Å². The maximum absolute atomic E-state index is 14.8. The first-order valence-electron chi connectivity index (χ1n) is 6.84. The highest BCUT2D eigenvalue weighted by Gasteiger charge is 2.64. The van der Waals surface area contributed by atoms with Crippen molar-refractivity contribution in [3.8, 4) is 0 Å². The lowest BCUT2D eigenvalue weighted by Crippen LogP contribution is -2.21. The normalized spacial score (nSPS) is 30.6. The molecule has 0 N–H and O–H groups in total. The van der Waals surface area contributed by atoms with Crippen LogP contribution in [0.5, 0.6) is 0 Å². The van der Waals surface area contributed by atoms with Crippen LogP contribution >= 0.6 is 15.2 Å². The summed E-state index contributed by atoms with van der Waals surface area (Å²) in [7, 11) is -10.1. The first-order chi connectivity index (χ1) is 11.5. The van der Waals surface area contributed by atoms with Crippen molar-refractivity contribution in [2.24, 2.45) is 0 Å². The number of fused-ring (bicyclic) bond motifs is 2. The Bertz CT molecular complexity index is 871. The van der Waals surface area contributed by atoms with E-state index in [9.17, 15) is 26.7 Å². The van der Waals surface area contributed by atoms with E-state index in [0.29, 0.717) is 14.2 Å². The van der Waals surface area contributed by atoms with Gasteiger partial charge in [0.25, 0.3) is 0 Å². The molecule has 0 spiro atoms. The Hall–Kier alpha value is -1.24. The highest BCUT2D eigenvalue weighted by atomic mass is 31.3. The molecule has 0 amide bonds. The zero-order valence-electron chi connectivity index (χ0n) is 12.9. The Morgan fingerprint density at radius 1 is 0.800 bits per heavy atom. The summed E-state index contributed by atoms with van der Waals surface area (Å²) < 4.78 is 97.0. The second-order valence-corrected chi connectivity index (χ2v) is 9.80. The lowest BCUT2D eigenvalue weighted by atomic mass is 10.0. The van der Waals surface area contributed by atoms with Crippen LogP contribution in [0.3, 0.4) is 0 Å². The molecule has 2 aromatic rings. The van der Waals surface area contributed by atoms with E-state index < -0.39 is 37.6 Å². The standard InChI is InChI=1S/C14H12F4O5P2/c1-21-24(19)13(15,16)11-5-3-10-8-12(6-4-9(10)7-11)14(17,18)25(20,22-2)23-24/h3-8H,1-2H3. The molecule has 2 aromatic carbocycles. The molecule has 25 heavy (non-hydrogen) atoms. The largest absolute Gasteiger partial charge is 0.411 e. The quantitative estimate of drug-likeness (QED) is 0.484. The third kappa shape index (κ3) is 2.49. The summed E-state index contributed by atoms with van der Waals surface area (Å²) in [5.41, 5.74) is -10.2. The summed E-state index contributed by atoms with van der Waals surface area (Å²) >= 11 is 0. The van der Waals surface area contributed by atoms with E-state index >= 15 is 0 Å². The van der Waals surface area contributed by atoms with Crippen molar-refractivity contribution in [2.75, 3.05) is 14.2 Å². The summed E-state index contributed by atoms with van der Waals surface area (Å²) in [6.07, 6.45) is 0. The van der Waals surface area contributed by atoms with Crippen molar-refractivity contribution in [1.29, 1.82) is 0 Å². The molecule has 0 aromatic heterocycles. The van der Waals surface area contributed by atoms with Crippen molar-refractivity contribution >= 4 is 26.0 Å². The molecule has 3 aliphatic rings. The molecule has 0 aliphatic carbocycles. The Kier molecular flexibility index (Phi) is 4.18. The summed E-state index contributed by atoms with van der Waals surface area (Å²) in [5, 5.41) is 0.405. The molecular weight excluding hydrogens is 386 g/mol. The van der Waals surface area contributed by atoms with Crippen LogP contribution in [-0.2, 0) is 33.8 Å². The highest BCUT2D eigenvalue weighted by molar-refractivity contribution is 7.68. The minimum Gasteiger partial charge on any atom is -0.307 e. The zero-order chi connectivity index (χ0) is 18.7. The molecule has 0 saturated heterocycles. The van der Waals surface area contributed by atoms with Gasteiger partial charge in [-0.05, 0) is 22.9 Å². The van der Waals surface area contributed by atoms with E-state index in [4.69, 9.17) is 0 Å². The van der Waals surface area contributed by atoms with Gasteiger partial charge in [0.15, 0.2) is 0 Å². The predicted molar refractivity (Wildman–Crippen MR) is 82.1 cm³/mol. The van der Waals surface area contributed by atoms with Crippen molar-refractivity contribution in [1.82, 2.24) is 0 Å². The minimum atomic E-state index is -5.62. The minimum absolute atomic E-state index is 0.202. The van der Waals surface area contributed by atoms with Gasteiger partial charge in [0.2, 0.25) is 0 Å². The van der Waals surface area contributed by atoms with E-state index in [1.54, 1.807) is 0 Å². The molecule has 0 fully saturated rings. The molecule has 11 heteroatoms. The summed E-state index contributed by atoms with van der Waals surface area (Å²) in [5.74, 6) is 0. The predicted octanol–water partition coefficient (Wildman–Crippen LogP) is 5.65. The SMILES string of the molecule is COP1(=O)OP(=O)(OC)C(F)(F)c2ccc3cc(ccc3c2)C1(F)F. The van der Waals surface area contributed by atoms with Gasteiger partial charge in [-0.1, -0.05) is 24.3 Å². The summed E-state index contributed by atoms with van der Waals surface area (Å²) in [4.78, 5) is 0. The molecule has 2 unspecified atom stereocenters. The fourth-order valence-electron chi connectivity index (χ4n) is 2.48. The number of hydrogen-bond donors (Lipinski definition) is 0. The third-order valence-electron chi connectivity index (χ3n) is 3.92. The number of alkyl halides is 4. The van der Waals surface area contributed by atoms with E-state index in [2.05, 4.69) is 13.4 Å². The Labute approximate surface area is 139 Å². The van der Waals surface area contributed by atoms with Crippen LogP contribution in [0, 0.1) is 0 Å². The van der Waals surface area contributed by atoms with Crippen LogP contribution in [0.2, 0.25) is 0 Å². The van der Waals surface area contributed by atoms with Gasteiger partial charge in [0.1, 0.15) is 0 Å². The highest BCUT2D eigenvalue weighted by Crippen LogP contribution is 2.79. The molecule has 5 rings (SSSR count). The van der Waals surface area contributed by atoms with Gasteiger partial charge in [0, 0.05) is 25.3 Å². The van der Waals surface area contributed by atoms with E-state index in [1.807, 2.05) is 0 Å². The zero-order valence-corrected chi connectivity index (χ0v) is 14.7. The average molecular weight is 398 g/mol. The molecule has 0 saturated carbocycles. The second-order valence-electron chi connectivity index (χ2n) is 5.30. The molecule has 3 heterocycles. The lowest BCUT2D eigenvalue weighted by molar-refractivity contribution is 0.0319. The second kappa shape index (κ2) is 5.63. The van der Waals surface area contributed by atoms with Gasteiger partial charge in [0.05, 0.1) is 0 Å². The maximum Gasteiger partial charge on any atom is 0.411 e. The lowest BCUT2D eigenvalue weighted by Gasteiger charge is -2.30. The van der Waals surface area contributed by atoms with Crippen molar-refractivity contribution in [2.45, 2.75) is 11.3 Å². The number of rotatable bonds is 2. The summed E-state index contributed by atoms with van der Waals surface area (Å²) in [6, 6.07) is 6.14. The van der Waals surface area contributed by atoms with Gasteiger partial charge >= 0.3 is 26.5 Å². The van der Waals surface area contributed by atoms with Crippen LogP contribution in [0.15, 0.2) is 36.4 Å². The van der Waals surface area contributed by atoms with Gasteiger partial charge in [-0.15, -0.1) is 0 Å². The third-order valence-corrected chi connectivity index (χ3v) is 8.49. The monoisotopic (exact) mass is 398 g/mol. The van der Waals surface area contributed by atoms with Crippen LogP contribution in [0.4, 0.5) is 17.6 Å². The topological polar surface area (TPSA) is 61.8 Å². The van der Waals surface area contributed by atoms with Crippen LogP contribution in [-0.4, -0.2) is 14.2 Å². The number of benzene rings is 2. The van der Waals surface area contributed by atoms with Gasteiger partial charge in [-0.25, -0.2) is 4.31 Å². The average Bonchev–Trinajstić information content (AvgIpc) is 2.60. The summed E-state index contributed by atoms with van der Waals surface area (Å²) in [6.45, 7) is 0. The molecular formula is C14H12F4O5P2. The van der Waals surface area contributed by atoms with Gasteiger partial charge in [-0.3, -0.25) is 9.13 Å². The maximum atomic E-state index is 14.8. The molecule has 2 atom stereocenters. The fraction of sp³-hybridized carbons (Fsp3) is 0.286. The Morgan fingerprint density at radius 3 is 1.48 bits per heavy atom. The Morgan fingerprint density at radius 2 is 1.16 bits per heavy atom. The van der Waals surface area contributed by atoms with Gasteiger partial charge < -0.3 is 9.05 Å². The molecule has 3 aliphatic heterocycles. The van der Waals surface area contributed by atoms with Gasteiger partial charge in [-0.2, -0.15) is 17.6 Å². The van der Waals surface area contributed by atoms with Crippen molar-refractivity contribution in [3.05, 3.63) is 47.5 Å². The fourth-order valence-corrected chi connectivity index (χ4v) is 6.33. The molecule has 5 nitrogen and oxygen atoms in total. The number of hydrogen-bond acceptors (Lipinski definition) is 5. The molecule has 0 radical (unpaired) electrons. The smallest absolute Gasteiger partial charge is 0.307 e. The van der Waals surface area contributed by atoms with Crippen molar-refractivity contribution < 1.29 is 40.0 Å². The molecule has 4 bridgehead atoms. The first kappa shape index (κ1) is 18.5. The van der Waals surface area contributed by atoms with E-state index in [-0.39, 0.29) is 10.8 Å². The van der Waals surface area contributed by atoms with Crippen molar-refractivity contribution in [3.63, 3.8) is 0 Å². The van der Waals surface area contributed by atoms with Crippen LogP contribution in [0.1, 0.15) is 11.1 Å². The van der Waals surface area contributed by atoms with E-state index in [0.717, 1.165) is 24.3 Å². The first-order valence-corrected chi connectivity index (χ1v) is 9.93. The number of halogens is 4. The Balaban J connectivity index is 2.45.